The van der Waals surface area contributed by atoms with Crippen molar-refractivity contribution in [2.45, 2.75) is 45.3 Å². The van der Waals surface area contributed by atoms with Crippen LogP contribution in [0.2, 0.25) is 0 Å². The molecule has 0 unspecified atom stereocenters. The molecule has 42 heavy (non-hydrogen) atoms. The first-order valence-electron chi connectivity index (χ1n) is 17.5. The van der Waals surface area contributed by atoms with Crippen molar-refractivity contribution in [1.82, 2.24) is 0 Å². The van der Waals surface area contributed by atoms with Crippen molar-refractivity contribution in [2.75, 3.05) is 4.90 Å². The summed E-state index contributed by atoms with van der Waals surface area (Å²) in [4.78, 5) is 2.21. The van der Waals surface area contributed by atoms with Gasteiger partial charge in [0, 0.05) is 30.3 Å². The van der Waals surface area contributed by atoms with Gasteiger partial charge in [-0.1, -0.05) is 144 Å². The molecule has 0 aromatic heterocycles. The first-order valence-corrected chi connectivity index (χ1v) is 14.5. The number of hydrogen-bond acceptors (Lipinski definition) is 1. The van der Waals surface area contributed by atoms with Gasteiger partial charge >= 0.3 is 0 Å². The number of benzene rings is 6. The normalized spacial score (nSPS) is 16.3. The summed E-state index contributed by atoms with van der Waals surface area (Å²) in [5.41, 5.74) is 5.77. The van der Waals surface area contributed by atoms with Crippen molar-refractivity contribution >= 4 is 27.8 Å². The van der Waals surface area contributed by atoms with E-state index in [1.165, 1.54) is 5.56 Å². The van der Waals surface area contributed by atoms with Gasteiger partial charge < -0.3 is 4.90 Å². The average Bonchev–Trinajstić information content (AvgIpc) is 3.38. The predicted molar refractivity (Wildman–Crippen MR) is 180 cm³/mol. The molecule has 6 aromatic carbocycles. The molecule has 0 aliphatic heterocycles. The predicted octanol–water partition coefficient (Wildman–Crippen LogP) is 11.6. The van der Waals surface area contributed by atoms with E-state index in [0.717, 1.165) is 33.6 Å². The Morgan fingerprint density at radius 1 is 0.571 bits per heavy atom. The highest BCUT2D eigenvalue weighted by molar-refractivity contribution is 6.08. The van der Waals surface area contributed by atoms with Gasteiger partial charge in [0.2, 0.25) is 0 Å². The maximum absolute atomic E-state index is 8.82. The molecule has 0 amide bonds. The number of rotatable bonds is 4. The van der Waals surface area contributed by atoms with E-state index in [1.54, 1.807) is 12.1 Å². The van der Waals surface area contributed by atoms with Crippen molar-refractivity contribution in [3.8, 4) is 22.3 Å². The standard InChI is InChI=1S/C41H37N/c1-40(2,3)29-25-23-28(24-26-29)31-17-12-14-22-37(31)42(30-15-7-6-8-16-30)38-27-35-32-18-11-13-21-36(32)41(4,5)39(35)34-20-10-9-19-33(34)38/h6-27H,1-5H3/i4D3,5D3. The highest BCUT2D eigenvalue weighted by Gasteiger charge is 2.38. The van der Waals surface area contributed by atoms with Crippen LogP contribution in [-0.4, -0.2) is 0 Å². The fraction of sp³-hybridized carbons (Fsp3) is 0.171. The van der Waals surface area contributed by atoms with Crippen LogP contribution in [0.25, 0.3) is 33.0 Å². The Balaban J connectivity index is 1.57. The first-order chi connectivity index (χ1) is 22.7. The molecule has 0 radical (unpaired) electrons. The largest absolute Gasteiger partial charge is 0.309 e. The minimum Gasteiger partial charge on any atom is -0.309 e. The zero-order chi connectivity index (χ0) is 34.1. The first kappa shape index (κ1) is 20.3. The van der Waals surface area contributed by atoms with Crippen LogP contribution in [0, 0.1) is 0 Å². The van der Waals surface area contributed by atoms with Crippen LogP contribution >= 0.6 is 0 Å². The molecule has 0 atom stereocenters. The van der Waals surface area contributed by atoms with Gasteiger partial charge in [-0.05, 0) is 68.4 Å². The van der Waals surface area contributed by atoms with E-state index in [-0.39, 0.29) is 5.41 Å². The van der Waals surface area contributed by atoms with Gasteiger partial charge in [-0.15, -0.1) is 0 Å². The van der Waals surface area contributed by atoms with E-state index < -0.39 is 19.1 Å². The molecule has 206 valence electrons. The summed E-state index contributed by atoms with van der Waals surface area (Å²) in [6.07, 6.45) is 0. The molecule has 0 bridgehead atoms. The topological polar surface area (TPSA) is 3.24 Å². The summed E-state index contributed by atoms with van der Waals surface area (Å²) < 4.78 is 52.9. The molecule has 0 heterocycles. The van der Waals surface area contributed by atoms with Crippen LogP contribution in [0.1, 0.15) is 59.4 Å². The Morgan fingerprint density at radius 3 is 1.90 bits per heavy atom. The maximum atomic E-state index is 8.82. The third-order valence-corrected chi connectivity index (χ3v) is 8.48. The minimum absolute atomic E-state index is 0.0203. The van der Waals surface area contributed by atoms with Crippen molar-refractivity contribution < 1.29 is 8.22 Å². The van der Waals surface area contributed by atoms with Gasteiger partial charge in [-0.2, -0.15) is 0 Å². The van der Waals surface area contributed by atoms with Crippen LogP contribution in [0.4, 0.5) is 17.1 Å². The van der Waals surface area contributed by atoms with Crippen molar-refractivity contribution in [1.29, 1.82) is 0 Å². The van der Waals surface area contributed by atoms with Crippen LogP contribution < -0.4 is 4.90 Å². The Hall–Kier alpha value is -4.62. The summed E-state index contributed by atoms with van der Waals surface area (Å²) in [6.45, 7) is 0.912. The van der Waals surface area contributed by atoms with E-state index in [4.69, 9.17) is 8.22 Å². The van der Waals surface area contributed by atoms with Crippen LogP contribution in [0.15, 0.2) is 133 Å². The fourth-order valence-corrected chi connectivity index (χ4v) is 6.38. The van der Waals surface area contributed by atoms with Crippen molar-refractivity contribution in [3.05, 3.63) is 150 Å². The maximum Gasteiger partial charge on any atom is 0.0546 e. The Kier molecular flexibility index (Phi) is 4.70. The minimum atomic E-state index is -2.85. The number of anilines is 3. The molecule has 6 aromatic rings. The molecule has 1 nitrogen and oxygen atoms in total. The van der Waals surface area contributed by atoms with E-state index in [9.17, 15) is 0 Å². The van der Waals surface area contributed by atoms with Gasteiger partial charge in [0.15, 0.2) is 0 Å². The molecule has 0 saturated heterocycles. The number of fused-ring (bicyclic) bond motifs is 5. The van der Waals surface area contributed by atoms with Crippen LogP contribution in [-0.2, 0) is 10.8 Å². The molecule has 1 aliphatic carbocycles. The van der Waals surface area contributed by atoms with Gasteiger partial charge in [-0.25, -0.2) is 0 Å². The third kappa shape index (κ3) is 4.15. The van der Waals surface area contributed by atoms with Gasteiger partial charge in [-0.3, -0.25) is 0 Å². The second-order valence-corrected chi connectivity index (χ2v) is 12.2. The van der Waals surface area contributed by atoms with E-state index >= 15 is 0 Å². The quantitative estimate of drug-likeness (QED) is 0.211. The lowest BCUT2D eigenvalue weighted by Crippen LogP contribution is -2.16. The number of hydrogen-bond donors (Lipinski definition) is 0. The van der Waals surface area contributed by atoms with Crippen molar-refractivity contribution in [3.63, 3.8) is 0 Å². The summed E-state index contributed by atoms with van der Waals surface area (Å²) >= 11 is 0. The lowest BCUT2D eigenvalue weighted by molar-refractivity contribution is 0.590. The van der Waals surface area contributed by atoms with Crippen LogP contribution in [0.5, 0.6) is 0 Å². The molecule has 0 saturated carbocycles. The summed E-state index contributed by atoms with van der Waals surface area (Å²) in [6, 6.07) is 43.8. The van der Waals surface area contributed by atoms with E-state index in [0.29, 0.717) is 27.6 Å². The number of para-hydroxylation sites is 2. The van der Waals surface area contributed by atoms with Gasteiger partial charge in [0.25, 0.3) is 0 Å². The number of nitrogens with zero attached hydrogens (tertiary/aromatic N) is 1. The van der Waals surface area contributed by atoms with E-state index in [2.05, 4.69) is 74.2 Å². The third-order valence-electron chi connectivity index (χ3n) is 8.48. The zero-order valence-corrected chi connectivity index (χ0v) is 24.1. The SMILES string of the molecule is [2H]C([2H])([2H])C1(C([2H])([2H])[2H])c2ccccc2-c2cc(N(c3ccccc3)c3ccccc3-c3ccc(C(C)(C)C)cc3)c3ccccc3c21. The van der Waals surface area contributed by atoms with Crippen molar-refractivity contribution in [2.24, 2.45) is 0 Å². The Labute approximate surface area is 258 Å². The zero-order valence-electron chi connectivity index (χ0n) is 30.1. The molecular weight excluding hydrogens is 506 g/mol. The second-order valence-electron chi connectivity index (χ2n) is 12.2. The van der Waals surface area contributed by atoms with E-state index in [1.807, 2.05) is 72.8 Å². The lowest BCUT2D eigenvalue weighted by atomic mass is 9.80. The molecular formula is C41H37N. The van der Waals surface area contributed by atoms with Gasteiger partial charge in [0.05, 0.1) is 11.4 Å². The molecule has 0 fully saturated rings. The molecule has 1 aliphatic rings. The molecule has 7 rings (SSSR count). The fourth-order valence-electron chi connectivity index (χ4n) is 6.38. The highest BCUT2D eigenvalue weighted by atomic mass is 15.1. The lowest BCUT2D eigenvalue weighted by Gasteiger charge is -2.31. The summed E-state index contributed by atoms with van der Waals surface area (Å²) in [5.74, 6) is 0. The monoisotopic (exact) mass is 549 g/mol. The second kappa shape index (κ2) is 9.74. The molecule has 0 N–H and O–H groups in total. The molecule has 0 spiro atoms. The summed E-state index contributed by atoms with van der Waals surface area (Å²) in [5, 5.41) is 1.38. The Morgan fingerprint density at radius 2 is 1.19 bits per heavy atom. The smallest absolute Gasteiger partial charge is 0.0546 e. The summed E-state index contributed by atoms with van der Waals surface area (Å²) in [7, 11) is 0. The Bertz CT molecular complexity index is 2120. The molecule has 1 heteroatoms. The van der Waals surface area contributed by atoms with Gasteiger partial charge in [0.1, 0.15) is 0 Å². The average molecular weight is 550 g/mol. The van der Waals surface area contributed by atoms with Crippen LogP contribution in [0.3, 0.4) is 0 Å². The highest BCUT2D eigenvalue weighted by Crippen LogP contribution is 2.54.